The summed E-state index contributed by atoms with van der Waals surface area (Å²) in [5, 5.41) is 2.71. The van der Waals surface area contributed by atoms with Crippen LogP contribution in [0.3, 0.4) is 0 Å². The van der Waals surface area contributed by atoms with Crippen molar-refractivity contribution in [2.75, 3.05) is 0 Å². The highest BCUT2D eigenvalue weighted by Gasteiger charge is 1.94. The van der Waals surface area contributed by atoms with Crippen LogP contribution in [0.25, 0.3) is 10.8 Å². The second-order valence-corrected chi connectivity index (χ2v) is 3.30. The van der Waals surface area contributed by atoms with Gasteiger partial charge >= 0.3 is 0 Å². The van der Waals surface area contributed by atoms with E-state index in [0.29, 0.717) is 0 Å². The molecule has 0 saturated carbocycles. The molecule has 14 heavy (non-hydrogen) atoms. The Bertz CT molecular complexity index is 427. The van der Waals surface area contributed by atoms with Gasteiger partial charge in [0.05, 0.1) is 0 Å². The van der Waals surface area contributed by atoms with Crippen LogP contribution in [0.4, 0.5) is 0 Å². The molecule has 0 radical (unpaired) electrons. The second-order valence-electron chi connectivity index (χ2n) is 3.30. The Morgan fingerprint density at radius 2 is 1.64 bits per heavy atom. The minimum absolute atomic E-state index is 1.33. The highest BCUT2D eigenvalue weighted by atomic mass is 14.0. The molecule has 0 aliphatic rings. The first-order valence-corrected chi connectivity index (χ1v) is 4.73. The van der Waals surface area contributed by atoms with Crippen molar-refractivity contribution in [3.05, 3.63) is 60.7 Å². The lowest BCUT2D eigenvalue weighted by molar-refractivity contribution is 1.48. The van der Waals surface area contributed by atoms with Gasteiger partial charge in [-0.3, -0.25) is 0 Å². The SMILES string of the molecule is C=C.Cc1ccc2c(C)cccc2c1. The van der Waals surface area contributed by atoms with Crippen LogP contribution in [-0.2, 0) is 0 Å². The fourth-order valence-electron chi connectivity index (χ4n) is 1.57. The summed E-state index contributed by atoms with van der Waals surface area (Å²) in [4.78, 5) is 0. The van der Waals surface area contributed by atoms with Crippen molar-refractivity contribution in [1.82, 2.24) is 0 Å². The molecule has 2 aromatic carbocycles. The highest BCUT2D eigenvalue weighted by Crippen LogP contribution is 2.18. The van der Waals surface area contributed by atoms with Crippen molar-refractivity contribution in [2.45, 2.75) is 13.8 Å². The molecule has 0 heteroatoms. The van der Waals surface area contributed by atoms with Crippen LogP contribution in [0.5, 0.6) is 0 Å². The van der Waals surface area contributed by atoms with E-state index in [1.807, 2.05) is 0 Å². The molecule has 0 heterocycles. The number of rotatable bonds is 0. The maximum absolute atomic E-state index is 3.00. The van der Waals surface area contributed by atoms with Gasteiger partial charge in [0.1, 0.15) is 0 Å². The van der Waals surface area contributed by atoms with Crippen LogP contribution in [0.2, 0.25) is 0 Å². The van der Waals surface area contributed by atoms with Gasteiger partial charge in [-0.1, -0.05) is 42.0 Å². The van der Waals surface area contributed by atoms with E-state index in [1.54, 1.807) is 0 Å². The third-order valence-corrected chi connectivity index (χ3v) is 2.25. The molecule has 0 aliphatic heterocycles. The first-order valence-electron chi connectivity index (χ1n) is 4.73. The third kappa shape index (κ3) is 2.02. The van der Waals surface area contributed by atoms with Gasteiger partial charge in [-0.2, -0.15) is 0 Å². The van der Waals surface area contributed by atoms with Crippen LogP contribution < -0.4 is 0 Å². The molecular formula is C14H16. The summed E-state index contributed by atoms with van der Waals surface area (Å²) in [5.74, 6) is 0. The van der Waals surface area contributed by atoms with E-state index in [0.717, 1.165) is 0 Å². The monoisotopic (exact) mass is 184 g/mol. The third-order valence-electron chi connectivity index (χ3n) is 2.25. The van der Waals surface area contributed by atoms with E-state index in [1.165, 1.54) is 21.9 Å². The molecular weight excluding hydrogens is 168 g/mol. The van der Waals surface area contributed by atoms with E-state index in [9.17, 15) is 0 Å². The lowest BCUT2D eigenvalue weighted by Crippen LogP contribution is -1.78. The van der Waals surface area contributed by atoms with Crippen molar-refractivity contribution >= 4 is 10.8 Å². The van der Waals surface area contributed by atoms with Crippen LogP contribution in [0.1, 0.15) is 11.1 Å². The summed E-state index contributed by atoms with van der Waals surface area (Å²) in [5.41, 5.74) is 2.68. The Balaban J connectivity index is 0.000000461. The molecule has 0 N–H and O–H groups in total. The minimum Gasteiger partial charge on any atom is -0.106 e. The fourth-order valence-corrected chi connectivity index (χ4v) is 1.57. The second kappa shape index (κ2) is 4.61. The van der Waals surface area contributed by atoms with Crippen molar-refractivity contribution in [3.8, 4) is 0 Å². The van der Waals surface area contributed by atoms with Crippen molar-refractivity contribution in [1.29, 1.82) is 0 Å². The largest absolute Gasteiger partial charge is 0.106 e. The predicted molar refractivity (Wildman–Crippen MR) is 64.7 cm³/mol. The summed E-state index contributed by atoms with van der Waals surface area (Å²) in [6.07, 6.45) is 0. The molecule has 0 nitrogen and oxygen atoms in total. The Morgan fingerprint density at radius 3 is 2.36 bits per heavy atom. The zero-order chi connectivity index (χ0) is 10.6. The van der Waals surface area contributed by atoms with E-state index < -0.39 is 0 Å². The number of hydrogen-bond donors (Lipinski definition) is 0. The number of hydrogen-bond acceptors (Lipinski definition) is 0. The van der Waals surface area contributed by atoms with Crippen molar-refractivity contribution in [3.63, 3.8) is 0 Å². The van der Waals surface area contributed by atoms with Crippen LogP contribution in [0.15, 0.2) is 49.6 Å². The molecule has 0 spiro atoms. The normalized spacial score (nSPS) is 9.29. The van der Waals surface area contributed by atoms with E-state index in [4.69, 9.17) is 0 Å². The molecule has 0 saturated heterocycles. The first kappa shape index (κ1) is 10.5. The van der Waals surface area contributed by atoms with Gasteiger partial charge in [0.25, 0.3) is 0 Å². The molecule has 72 valence electrons. The average Bonchev–Trinajstić information content (AvgIpc) is 2.21. The summed E-state index contributed by atoms with van der Waals surface area (Å²) in [6.45, 7) is 10.3. The van der Waals surface area contributed by atoms with Gasteiger partial charge in [0.2, 0.25) is 0 Å². The zero-order valence-electron chi connectivity index (χ0n) is 8.88. The van der Waals surface area contributed by atoms with Gasteiger partial charge in [0, 0.05) is 0 Å². The number of aryl methyl sites for hydroxylation is 2. The Morgan fingerprint density at radius 1 is 0.929 bits per heavy atom. The van der Waals surface area contributed by atoms with Crippen molar-refractivity contribution < 1.29 is 0 Å². The summed E-state index contributed by atoms with van der Waals surface area (Å²) in [7, 11) is 0. The molecule has 0 bridgehead atoms. The summed E-state index contributed by atoms with van der Waals surface area (Å²) >= 11 is 0. The quantitative estimate of drug-likeness (QED) is 0.537. The molecule has 0 amide bonds. The Labute approximate surface area is 85.9 Å². The average molecular weight is 184 g/mol. The smallest absolute Gasteiger partial charge is 0.0155 e. The predicted octanol–water partition coefficient (Wildman–Crippen LogP) is 4.26. The molecule has 2 aromatic rings. The number of benzene rings is 2. The van der Waals surface area contributed by atoms with Crippen molar-refractivity contribution in [2.24, 2.45) is 0 Å². The maximum Gasteiger partial charge on any atom is -0.0155 e. The van der Waals surface area contributed by atoms with Crippen LogP contribution in [-0.4, -0.2) is 0 Å². The van der Waals surface area contributed by atoms with Gasteiger partial charge in [-0.05, 0) is 30.2 Å². The minimum atomic E-state index is 1.33. The number of fused-ring (bicyclic) bond motifs is 1. The summed E-state index contributed by atoms with van der Waals surface area (Å²) < 4.78 is 0. The Hall–Kier alpha value is -1.56. The maximum atomic E-state index is 3.00. The molecule has 2 rings (SSSR count). The molecule has 0 fully saturated rings. The topological polar surface area (TPSA) is 0 Å². The van der Waals surface area contributed by atoms with Gasteiger partial charge in [-0.25, -0.2) is 0 Å². The summed E-state index contributed by atoms with van der Waals surface area (Å²) in [6, 6.07) is 13.0. The van der Waals surface area contributed by atoms with Crippen LogP contribution in [0, 0.1) is 13.8 Å². The molecule has 0 unspecified atom stereocenters. The zero-order valence-corrected chi connectivity index (χ0v) is 8.88. The van der Waals surface area contributed by atoms with E-state index in [2.05, 4.69) is 63.4 Å². The standard InChI is InChI=1S/C12H12.C2H4/c1-9-6-7-12-10(2)4-3-5-11(12)8-9;1-2/h3-8H,1-2H3;1-2H2. The highest BCUT2D eigenvalue weighted by molar-refractivity contribution is 5.85. The van der Waals surface area contributed by atoms with E-state index >= 15 is 0 Å². The Kier molecular flexibility index (Phi) is 3.47. The van der Waals surface area contributed by atoms with Gasteiger partial charge in [-0.15, -0.1) is 13.2 Å². The lowest BCUT2D eigenvalue weighted by atomic mass is 10.0. The molecule has 0 aromatic heterocycles. The fraction of sp³-hybridized carbons (Fsp3) is 0.143. The van der Waals surface area contributed by atoms with Crippen LogP contribution >= 0.6 is 0 Å². The van der Waals surface area contributed by atoms with Gasteiger partial charge < -0.3 is 0 Å². The molecule has 0 atom stereocenters. The van der Waals surface area contributed by atoms with E-state index in [-0.39, 0.29) is 0 Å². The van der Waals surface area contributed by atoms with Gasteiger partial charge in [0.15, 0.2) is 0 Å². The lowest BCUT2D eigenvalue weighted by Gasteiger charge is -2.01. The first-order chi connectivity index (χ1) is 6.77. The molecule has 0 aliphatic carbocycles.